The second kappa shape index (κ2) is 10.0. The highest BCUT2D eigenvalue weighted by atomic mass is 14.2. The van der Waals surface area contributed by atoms with Crippen LogP contribution in [0.1, 0.15) is 5.56 Å². The minimum atomic E-state index is 0.668. The van der Waals surface area contributed by atoms with Gasteiger partial charge in [-0.05, 0) is 90.3 Å². The molecule has 7 aromatic rings. The molecule has 0 fully saturated rings. The summed E-state index contributed by atoms with van der Waals surface area (Å²) in [6, 6.07) is 55.8. The zero-order valence-corrected chi connectivity index (χ0v) is 21.9. The lowest BCUT2D eigenvalue weighted by atomic mass is 9.84. The van der Waals surface area contributed by atoms with E-state index in [1.807, 2.05) is 24.3 Å². The monoisotopic (exact) mass is 507 g/mol. The first-order valence-corrected chi connectivity index (χ1v) is 13.5. The van der Waals surface area contributed by atoms with Crippen LogP contribution in [0.4, 0.5) is 0 Å². The van der Waals surface area contributed by atoms with Gasteiger partial charge in [-0.25, -0.2) is 0 Å². The smallest absolute Gasteiger partial charge is 0.0991 e. The van der Waals surface area contributed by atoms with Crippen molar-refractivity contribution in [2.45, 2.75) is 0 Å². The van der Waals surface area contributed by atoms with Gasteiger partial charge in [-0.3, -0.25) is 0 Å². The van der Waals surface area contributed by atoms with Crippen LogP contribution < -0.4 is 0 Å². The van der Waals surface area contributed by atoms with Crippen molar-refractivity contribution in [3.8, 4) is 50.6 Å². The molecule has 0 aliphatic carbocycles. The molecule has 0 aliphatic rings. The van der Waals surface area contributed by atoms with Crippen molar-refractivity contribution in [2.75, 3.05) is 0 Å². The summed E-state index contributed by atoms with van der Waals surface area (Å²) in [6.07, 6.45) is 0. The van der Waals surface area contributed by atoms with Gasteiger partial charge in [0.15, 0.2) is 0 Å². The third-order valence-corrected chi connectivity index (χ3v) is 7.70. The van der Waals surface area contributed by atoms with E-state index in [4.69, 9.17) is 0 Å². The minimum Gasteiger partial charge on any atom is -0.192 e. The normalized spacial score (nSPS) is 11.0. The van der Waals surface area contributed by atoms with Crippen LogP contribution in [-0.2, 0) is 0 Å². The summed E-state index contributed by atoms with van der Waals surface area (Å²) in [5.41, 5.74) is 10.2. The number of hydrogen-bond acceptors (Lipinski definition) is 1. The SMILES string of the molecule is N#Cc1ccc(-c2ccc3c(-c4ccccc4)c4cc(-c5ccccc5)ccc4c(-c4ccccc4)c3c2)cc1. The molecule has 1 heteroatoms. The molecular formula is C39H25N. The Morgan fingerprint density at radius 3 is 1.12 bits per heavy atom. The van der Waals surface area contributed by atoms with E-state index in [1.165, 1.54) is 54.9 Å². The Bertz CT molecular complexity index is 2020. The second-order valence-electron chi connectivity index (χ2n) is 10.1. The predicted molar refractivity (Wildman–Crippen MR) is 168 cm³/mol. The standard InChI is InChI=1S/C39H25N/c40-26-27-16-18-29(19-17-27)33-21-23-35-37(25-33)39(31-14-8-3-9-15-31)34-22-20-32(28-10-4-1-5-11-28)24-36(34)38(35)30-12-6-2-7-13-30/h1-25H. The number of nitrogens with zero attached hydrogens (tertiary/aromatic N) is 1. The molecule has 0 atom stereocenters. The number of fused-ring (bicyclic) bond motifs is 2. The Kier molecular flexibility index (Phi) is 5.93. The van der Waals surface area contributed by atoms with Gasteiger partial charge in [0.1, 0.15) is 0 Å². The zero-order chi connectivity index (χ0) is 26.9. The fraction of sp³-hybridized carbons (Fsp3) is 0. The molecule has 0 aromatic heterocycles. The van der Waals surface area contributed by atoms with E-state index < -0.39 is 0 Å². The predicted octanol–water partition coefficient (Wildman–Crippen LogP) is 10.5. The topological polar surface area (TPSA) is 23.8 Å². The van der Waals surface area contributed by atoms with Crippen LogP contribution in [0.5, 0.6) is 0 Å². The molecule has 0 N–H and O–H groups in total. The Hall–Kier alpha value is -5.45. The van der Waals surface area contributed by atoms with Crippen molar-refractivity contribution in [3.63, 3.8) is 0 Å². The highest BCUT2D eigenvalue weighted by molar-refractivity contribution is 6.22. The summed E-state index contributed by atoms with van der Waals surface area (Å²) in [5, 5.41) is 14.2. The Balaban J connectivity index is 1.61. The van der Waals surface area contributed by atoms with Crippen LogP contribution in [-0.4, -0.2) is 0 Å². The third-order valence-electron chi connectivity index (χ3n) is 7.70. The third kappa shape index (κ3) is 4.13. The summed E-state index contributed by atoms with van der Waals surface area (Å²) in [6.45, 7) is 0. The molecule has 1 nitrogen and oxygen atoms in total. The average molecular weight is 508 g/mol. The number of nitriles is 1. The quantitative estimate of drug-likeness (QED) is 0.217. The summed E-state index contributed by atoms with van der Waals surface area (Å²) in [7, 11) is 0. The number of benzene rings is 7. The molecule has 0 bridgehead atoms. The first kappa shape index (κ1) is 23.7. The van der Waals surface area contributed by atoms with E-state index in [-0.39, 0.29) is 0 Å². The van der Waals surface area contributed by atoms with Gasteiger partial charge in [-0.1, -0.05) is 127 Å². The van der Waals surface area contributed by atoms with Gasteiger partial charge in [-0.2, -0.15) is 5.26 Å². The van der Waals surface area contributed by atoms with Crippen molar-refractivity contribution in [1.82, 2.24) is 0 Å². The Labute approximate surface area is 234 Å². The fourth-order valence-corrected chi connectivity index (χ4v) is 5.79. The first-order chi connectivity index (χ1) is 19.8. The lowest BCUT2D eigenvalue weighted by molar-refractivity contribution is 1.48. The van der Waals surface area contributed by atoms with E-state index >= 15 is 0 Å². The van der Waals surface area contributed by atoms with Crippen molar-refractivity contribution >= 4 is 21.5 Å². The van der Waals surface area contributed by atoms with Gasteiger partial charge in [-0.15, -0.1) is 0 Å². The highest BCUT2D eigenvalue weighted by Crippen LogP contribution is 2.45. The van der Waals surface area contributed by atoms with Crippen LogP contribution in [0.2, 0.25) is 0 Å². The molecule has 0 saturated carbocycles. The van der Waals surface area contributed by atoms with Crippen LogP contribution in [0.15, 0.2) is 152 Å². The summed E-state index contributed by atoms with van der Waals surface area (Å²) in [4.78, 5) is 0. The van der Waals surface area contributed by atoms with Gasteiger partial charge in [0.2, 0.25) is 0 Å². The first-order valence-electron chi connectivity index (χ1n) is 13.5. The molecule has 0 aliphatic heterocycles. The lowest BCUT2D eigenvalue weighted by Crippen LogP contribution is -1.92. The van der Waals surface area contributed by atoms with Gasteiger partial charge >= 0.3 is 0 Å². The Morgan fingerprint density at radius 1 is 0.325 bits per heavy atom. The van der Waals surface area contributed by atoms with Crippen molar-refractivity contribution in [1.29, 1.82) is 5.26 Å². The van der Waals surface area contributed by atoms with Gasteiger partial charge < -0.3 is 0 Å². The Morgan fingerprint density at radius 2 is 0.700 bits per heavy atom. The second-order valence-corrected chi connectivity index (χ2v) is 10.1. The van der Waals surface area contributed by atoms with E-state index in [1.54, 1.807) is 0 Å². The molecule has 7 rings (SSSR count). The molecule has 0 saturated heterocycles. The van der Waals surface area contributed by atoms with Crippen LogP contribution in [0, 0.1) is 11.3 Å². The van der Waals surface area contributed by atoms with Crippen LogP contribution in [0.25, 0.3) is 66.1 Å². The van der Waals surface area contributed by atoms with Gasteiger partial charge in [0, 0.05) is 0 Å². The maximum absolute atomic E-state index is 9.28. The molecule has 40 heavy (non-hydrogen) atoms. The van der Waals surface area contributed by atoms with Crippen molar-refractivity contribution < 1.29 is 0 Å². The summed E-state index contributed by atoms with van der Waals surface area (Å²) < 4.78 is 0. The molecule has 0 amide bonds. The van der Waals surface area contributed by atoms with E-state index in [0.29, 0.717) is 5.56 Å². The van der Waals surface area contributed by atoms with Gasteiger partial charge in [0.25, 0.3) is 0 Å². The molecule has 186 valence electrons. The largest absolute Gasteiger partial charge is 0.192 e. The zero-order valence-electron chi connectivity index (χ0n) is 21.9. The lowest BCUT2D eigenvalue weighted by Gasteiger charge is -2.19. The molecule has 0 heterocycles. The maximum atomic E-state index is 9.28. The minimum absolute atomic E-state index is 0.668. The number of rotatable bonds is 4. The van der Waals surface area contributed by atoms with E-state index in [9.17, 15) is 5.26 Å². The summed E-state index contributed by atoms with van der Waals surface area (Å²) >= 11 is 0. The van der Waals surface area contributed by atoms with E-state index in [2.05, 4.69) is 133 Å². The fourth-order valence-electron chi connectivity index (χ4n) is 5.79. The van der Waals surface area contributed by atoms with Gasteiger partial charge in [0.05, 0.1) is 11.6 Å². The highest BCUT2D eigenvalue weighted by Gasteiger charge is 2.18. The molecule has 0 unspecified atom stereocenters. The maximum Gasteiger partial charge on any atom is 0.0991 e. The molecule has 7 aromatic carbocycles. The molecule has 0 spiro atoms. The molecule has 0 radical (unpaired) electrons. The number of hydrogen-bond donors (Lipinski definition) is 0. The van der Waals surface area contributed by atoms with Crippen LogP contribution >= 0.6 is 0 Å². The van der Waals surface area contributed by atoms with Crippen molar-refractivity contribution in [2.24, 2.45) is 0 Å². The average Bonchev–Trinajstić information content (AvgIpc) is 3.04. The molecular weight excluding hydrogens is 482 g/mol. The van der Waals surface area contributed by atoms with Crippen molar-refractivity contribution in [3.05, 3.63) is 157 Å². The van der Waals surface area contributed by atoms with Crippen LogP contribution in [0.3, 0.4) is 0 Å². The van der Waals surface area contributed by atoms with E-state index in [0.717, 1.165) is 11.1 Å². The summed E-state index contributed by atoms with van der Waals surface area (Å²) in [5.74, 6) is 0.